The molecule has 1 fully saturated rings. The average Bonchev–Trinajstić information content (AvgIpc) is 3.13. The van der Waals surface area contributed by atoms with Gasteiger partial charge in [-0.1, -0.05) is 29.8 Å². The number of hydrogen-bond donors (Lipinski definition) is 1. The van der Waals surface area contributed by atoms with Gasteiger partial charge >= 0.3 is 5.97 Å². The maximum absolute atomic E-state index is 11.8. The van der Waals surface area contributed by atoms with Crippen LogP contribution in [0.15, 0.2) is 42.5 Å². The summed E-state index contributed by atoms with van der Waals surface area (Å²) in [7, 11) is 1.60. The minimum absolute atomic E-state index is 0.225. The van der Waals surface area contributed by atoms with Gasteiger partial charge in [0, 0.05) is 11.6 Å². The number of likely N-dealkylation sites (tertiary alicyclic amines) is 1. The lowest BCUT2D eigenvalue weighted by atomic mass is 9.96. The largest absolute Gasteiger partial charge is 0.493 e. The van der Waals surface area contributed by atoms with Crippen LogP contribution < -0.4 is 9.47 Å². The van der Waals surface area contributed by atoms with Crippen LogP contribution in [-0.2, 0) is 4.79 Å². The molecule has 2 aromatic rings. The maximum atomic E-state index is 11.8. The van der Waals surface area contributed by atoms with E-state index in [2.05, 4.69) is 0 Å². The highest BCUT2D eigenvalue weighted by atomic mass is 35.5. The van der Waals surface area contributed by atoms with Crippen LogP contribution in [0.2, 0.25) is 5.02 Å². The Morgan fingerprint density at radius 1 is 1.26 bits per heavy atom. The normalized spacial score (nSPS) is 18.3. The first-order valence-corrected chi connectivity index (χ1v) is 9.47. The lowest BCUT2D eigenvalue weighted by molar-refractivity contribution is -0.142. The Morgan fingerprint density at radius 2 is 2.04 bits per heavy atom. The second-order valence-electron chi connectivity index (χ2n) is 6.53. The molecule has 27 heavy (non-hydrogen) atoms. The lowest BCUT2D eigenvalue weighted by Gasteiger charge is -2.32. The molecule has 1 aliphatic heterocycles. The Kier molecular flexibility index (Phi) is 6.24. The highest BCUT2D eigenvalue weighted by molar-refractivity contribution is 6.30. The van der Waals surface area contributed by atoms with Gasteiger partial charge in [0.1, 0.15) is 6.04 Å². The van der Waals surface area contributed by atoms with Crippen molar-refractivity contribution in [3.63, 3.8) is 0 Å². The third-order valence-electron chi connectivity index (χ3n) is 4.88. The third kappa shape index (κ3) is 4.20. The molecule has 0 spiro atoms. The summed E-state index contributed by atoms with van der Waals surface area (Å²) in [6.45, 7) is 3.17. The molecule has 144 valence electrons. The van der Waals surface area contributed by atoms with E-state index in [0.717, 1.165) is 17.5 Å². The Bertz CT molecular complexity index is 811. The standard InChI is InChI=1S/C21H24ClNO4/c1-3-27-18-10-9-15(13-19(18)26-2)20(14-6-4-7-16(22)12-14)23-11-5-8-17(23)21(24)25/h4,6-7,9-10,12-13,17,20H,3,5,8,11H2,1-2H3,(H,24,25). The number of carboxylic acids is 1. The highest BCUT2D eigenvalue weighted by Crippen LogP contribution is 2.39. The zero-order chi connectivity index (χ0) is 19.4. The van der Waals surface area contributed by atoms with E-state index in [4.69, 9.17) is 21.1 Å². The fraction of sp³-hybridized carbons (Fsp3) is 0.381. The van der Waals surface area contributed by atoms with Gasteiger partial charge in [-0.2, -0.15) is 0 Å². The summed E-state index contributed by atoms with van der Waals surface area (Å²) < 4.78 is 11.1. The van der Waals surface area contributed by atoms with E-state index < -0.39 is 12.0 Å². The van der Waals surface area contributed by atoms with Crippen molar-refractivity contribution < 1.29 is 19.4 Å². The zero-order valence-corrected chi connectivity index (χ0v) is 16.3. The van der Waals surface area contributed by atoms with Crippen LogP contribution in [0.4, 0.5) is 0 Å². The summed E-state index contributed by atoms with van der Waals surface area (Å²) in [5.74, 6) is 0.509. The quantitative estimate of drug-likeness (QED) is 0.761. The number of methoxy groups -OCH3 is 1. The first kappa shape index (κ1) is 19.5. The van der Waals surface area contributed by atoms with E-state index in [0.29, 0.717) is 36.1 Å². The van der Waals surface area contributed by atoms with Crippen molar-refractivity contribution in [2.24, 2.45) is 0 Å². The molecule has 2 unspecified atom stereocenters. The van der Waals surface area contributed by atoms with Crippen LogP contribution in [-0.4, -0.2) is 42.3 Å². The second-order valence-corrected chi connectivity index (χ2v) is 6.97. The molecule has 1 heterocycles. The van der Waals surface area contributed by atoms with Gasteiger partial charge in [0.05, 0.1) is 19.8 Å². The van der Waals surface area contributed by atoms with Crippen molar-refractivity contribution in [3.05, 3.63) is 58.6 Å². The second kappa shape index (κ2) is 8.63. The Hall–Kier alpha value is -2.24. The molecule has 1 aliphatic rings. The third-order valence-corrected chi connectivity index (χ3v) is 5.11. The van der Waals surface area contributed by atoms with Gasteiger partial charge in [-0.05, 0) is 55.2 Å². The minimum Gasteiger partial charge on any atom is -0.493 e. The lowest BCUT2D eigenvalue weighted by Crippen LogP contribution is -2.39. The molecule has 2 atom stereocenters. The van der Waals surface area contributed by atoms with Gasteiger partial charge in [0.15, 0.2) is 11.5 Å². The van der Waals surface area contributed by atoms with E-state index >= 15 is 0 Å². The number of halogens is 1. The molecule has 3 rings (SSSR count). The van der Waals surface area contributed by atoms with Gasteiger partial charge in [-0.15, -0.1) is 0 Å². The van der Waals surface area contributed by atoms with Crippen LogP contribution >= 0.6 is 11.6 Å². The monoisotopic (exact) mass is 389 g/mol. The molecular formula is C21H24ClNO4. The van der Waals surface area contributed by atoms with Crippen molar-refractivity contribution in [1.82, 2.24) is 4.90 Å². The summed E-state index contributed by atoms with van der Waals surface area (Å²) in [5.41, 5.74) is 1.91. The minimum atomic E-state index is -0.794. The predicted molar refractivity (Wildman–Crippen MR) is 105 cm³/mol. The van der Waals surface area contributed by atoms with Gasteiger partial charge < -0.3 is 14.6 Å². The van der Waals surface area contributed by atoms with Crippen molar-refractivity contribution in [2.75, 3.05) is 20.3 Å². The average molecular weight is 390 g/mol. The van der Waals surface area contributed by atoms with Crippen LogP contribution in [0.1, 0.15) is 36.9 Å². The zero-order valence-electron chi connectivity index (χ0n) is 15.5. The number of hydrogen-bond acceptors (Lipinski definition) is 4. The Morgan fingerprint density at radius 3 is 2.70 bits per heavy atom. The summed E-state index contributed by atoms with van der Waals surface area (Å²) in [5, 5.41) is 10.3. The number of carbonyl (C=O) groups is 1. The fourth-order valence-electron chi connectivity index (χ4n) is 3.74. The first-order valence-electron chi connectivity index (χ1n) is 9.10. The molecule has 0 radical (unpaired) electrons. The Balaban J connectivity index is 2.08. The Labute approximate surface area is 164 Å². The summed E-state index contributed by atoms with van der Waals surface area (Å²) in [4.78, 5) is 13.8. The number of rotatable bonds is 7. The SMILES string of the molecule is CCOc1ccc(C(c2cccc(Cl)c2)N2CCCC2C(=O)O)cc1OC. The van der Waals surface area contributed by atoms with Gasteiger partial charge in [0.2, 0.25) is 0 Å². The number of benzene rings is 2. The van der Waals surface area contributed by atoms with Crippen molar-refractivity contribution in [1.29, 1.82) is 0 Å². The predicted octanol–water partition coefficient (Wildman–Crippen LogP) is 4.39. The van der Waals surface area contributed by atoms with E-state index in [1.54, 1.807) is 7.11 Å². The summed E-state index contributed by atoms with van der Waals surface area (Å²) >= 11 is 6.23. The number of aliphatic carboxylic acids is 1. The molecule has 0 aliphatic carbocycles. The van der Waals surface area contributed by atoms with Crippen molar-refractivity contribution in [3.8, 4) is 11.5 Å². The topological polar surface area (TPSA) is 59.0 Å². The molecule has 0 saturated carbocycles. The summed E-state index contributed by atoms with van der Waals surface area (Å²) in [6.07, 6.45) is 1.49. The number of ether oxygens (including phenoxy) is 2. The highest BCUT2D eigenvalue weighted by Gasteiger charge is 2.37. The molecule has 0 aromatic heterocycles. The molecule has 5 nitrogen and oxygen atoms in total. The first-order chi connectivity index (χ1) is 13.0. The number of nitrogens with zero attached hydrogens (tertiary/aromatic N) is 1. The van der Waals surface area contributed by atoms with Crippen molar-refractivity contribution >= 4 is 17.6 Å². The molecule has 2 aromatic carbocycles. The van der Waals surface area contributed by atoms with Crippen molar-refractivity contribution in [2.45, 2.75) is 31.8 Å². The summed E-state index contributed by atoms with van der Waals surface area (Å²) in [6, 6.07) is 12.6. The smallest absolute Gasteiger partial charge is 0.320 e. The van der Waals surface area contributed by atoms with Gasteiger partial charge in [-0.25, -0.2) is 0 Å². The van der Waals surface area contributed by atoms with E-state index in [1.807, 2.05) is 54.3 Å². The molecule has 0 bridgehead atoms. The van der Waals surface area contributed by atoms with Gasteiger partial charge in [-0.3, -0.25) is 9.69 Å². The fourth-order valence-corrected chi connectivity index (χ4v) is 3.94. The van der Waals surface area contributed by atoms with Crippen LogP contribution in [0, 0.1) is 0 Å². The molecule has 1 saturated heterocycles. The maximum Gasteiger partial charge on any atom is 0.320 e. The van der Waals surface area contributed by atoms with Crippen LogP contribution in [0.3, 0.4) is 0 Å². The molecule has 0 amide bonds. The van der Waals surface area contributed by atoms with Crippen LogP contribution in [0.5, 0.6) is 11.5 Å². The molecule has 1 N–H and O–H groups in total. The van der Waals surface area contributed by atoms with Gasteiger partial charge in [0.25, 0.3) is 0 Å². The van der Waals surface area contributed by atoms with E-state index in [-0.39, 0.29) is 6.04 Å². The number of carboxylic acid groups (broad SMARTS) is 1. The van der Waals surface area contributed by atoms with E-state index in [1.165, 1.54) is 0 Å². The van der Waals surface area contributed by atoms with E-state index in [9.17, 15) is 9.90 Å². The van der Waals surface area contributed by atoms with Crippen LogP contribution in [0.25, 0.3) is 0 Å². The molecule has 6 heteroatoms. The molecular weight excluding hydrogens is 366 g/mol.